The smallest absolute Gasteiger partial charge is 0.234 e. The second-order valence-corrected chi connectivity index (χ2v) is 26.1. The molecule has 14 heteroatoms. The van der Waals surface area contributed by atoms with E-state index in [2.05, 4.69) is 185 Å². The maximum absolute atomic E-state index is 13.5. The van der Waals surface area contributed by atoms with Crippen molar-refractivity contribution in [3.8, 4) is 11.4 Å². The molecule has 4 heterocycles. The minimum absolute atomic E-state index is 0.0550. The number of rotatable bonds is 22. The number of likely N-dealkylation sites (N-methyl/N-ethyl adjacent to an activating group) is 1. The predicted octanol–water partition coefficient (Wildman–Crippen LogP) is 10.9. The van der Waals surface area contributed by atoms with E-state index < -0.39 is 0 Å². The molecule has 7 rings (SSSR count). The number of benzene rings is 3. The SMILES string of the molecule is C=C(CN1CCN(CC(=O)NCCCCCCCCCc2ccc(-c3nc4ccc(C5Nc6ccc(N7CCN(C)CC7)cc6N5C)cc4[nH]3)cc2)CCN(CC(=O)NC(C)C)CCN(CC(C)(C)C)CC1)CC(C)(C)C.C=CC. The summed E-state index contributed by atoms with van der Waals surface area (Å²) < 4.78 is 0. The van der Waals surface area contributed by atoms with Crippen molar-refractivity contribution in [2.75, 3.05) is 140 Å². The standard InChI is InChI=1S/C63H100N12O2.C3H6/c1-48(2)65-59(77)46-73-34-33-72(32-31-71(44-49(3)43-62(4,5)6)35-37-74(38-36-73)47-63(7,8)9)45-58(76)64-28-18-16-14-12-13-15-17-19-50-20-22-51(23-21-50)60-66-54-26-24-52(41-56(54)67-60)61-68-55-27-25-53(42-57(55)70(61)11)75-39-29-69(10)30-40-75;1-3-2/h20-27,41-42,48,61,68H,3,12-19,28-40,43-47H2,1-2,4-11H3,(H,64,76)(H,65,77)(H,66,67);3H,1H2,2H3. The number of aryl methyl sites for hydroxylation is 1. The largest absolute Gasteiger partial charge is 0.369 e. The van der Waals surface area contributed by atoms with E-state index in [9.17, 15) is 9.59 Å². The van der Waals surface area contributed by atoms with E-state index in [4.69, 9.17) is 4.98 Å². The molecule has 0 spiro atoms. The third-order valence-corrected chi connectivity index (χ3v) is 15.5. The van der Waals surface area contributed by atoms with Crippen LogP contribution in [0.2, 0.25) is 0 Å². The normalized spacial score (nSPS) is 17.8. The molecule has 3 aromatic carbocycles. The predicted molar refractivity (Wildman–Crippen MR) is 339 cm³/mol. The lowest BCUT2D eigenvalue weighted by Gasteiger charge is -2.36. The molecule has 442 valence electrons. The van der Waals surface area contributed by atoms with Gasteiger partial charge in [0.25, 0.3) is 0 Å². The molecule has 80 heavy (non-hydrogen) atoms. The first-order valence-electron chi connectivity index (χ1n) is 30.5. The van der Waals surface area contributed by atoms with Gasteiger partial charge in [0, 0.05) is 123 Å². The minimum atomic E-state index is 0.0550. The molecular weight excluding hydrogens is 993 g/mol. The molecule has 0 bridgehead atoms. The van der Waals surface area contributed by atoms with Crippen LogP contribution in [0.5, 0.6) is 0 Å². The number of amides is 2. The van der Waals surface area contributed by atoms with Gasteiger partial charge in [-0.1, -0.05) is 122 Å². The summed E-state index contributed by atoms with van der Waals surface area (Å²) in [6.45, 7) is 41.9. The van der Waals surface area contributed by atoms with Crippen LogP contribution in [0.25, 0.3) is 22.4 Å². The summed E-state index contributed by atoms with van der Waals surface area (Å²) in [4.78, 5) is 52.1. The summed E-state index contributed by atoms with van der Waals surface area (Å²) in [5.41, 5.74) is 11.1. The van der Waals surface area contributed by atoms with Crippen LogP contribution in [-0.4, -0.2) is 178 Å². The number of nitrogens with one attached hydrogen (secondary N) is 4. The van der Waals surface area contributed by atoms with Gasteiger partial charge < -0.3 is 40.5 Å². The van der Waals surface area contributed by atoms with Crippen LogP contribution in [0.3, 0.4) is 0 Å². The van der Waals surface area contributed by atoms with Gasteiger partial charge in [-0.25, -0.2) is 4.98 Å². The Morgan fingerprint density at radius 1 is 0.700 bits per heavy atom. The number of carbonyl (C=O) groups is 2. The van der Waals surface area contributed by atoms with Crippen LogP contribution in [0.1, 0.15) is 131 Å². The molecule has 1 aromatic heterocycles. The summed E-state index contributed by atoms with van der Waals surface area (Å²) >= 11 is 0. The Hall–Kier alpha value is -5.25. The molecule has 4 aromatic rings. The Morgan fingerprint density at radius 3 is 1.88 bits per heavy atom. The number of fused-ring (bicyclic) bond motifs is 2. The lowest BCUT2D eigenvalue weighted by Crippen LogP contribution is -2.50. The first-order valence-corrected chi connectivity index (χ1v) is 30.5. The second kappa shape index (κ2) is 31.3. The zero-order chi connectivity index (χ0) is 57.8. The number of hydrogen-bond donors (Lipinski definition) is 4. The van der Waals surface area contributed by atoms with Gasteiger partial charge in [0.2, 0.25) is 11.8 Å². The highest BCUT2D eigenvalue weighted by Crippen LogP contribution is 2.42. The molecule has 14 nitrogen and oxygen atoms in total. The van der Waals surface area contributed by atoms with Crippen LogP contribution in [0.15, 0.2) is 85.5 Å². The van der Waals surface area contributed by atoms with E-state index in [1.54, 1.807) is 6.08 Å². The maximum Gasteiger partial charge on any atom is 0.234 e. The number of aromatic amines is 1. The van der Waals surface area contributed by atoms with Crippen molar-refractivity contribution in [3.05, 3.63) is 96.6 Å². The molecule has 2 amide bonds. The number of allylic oxidation sites excluding steroid dienone is 1. The quantitative estimate of drug-likeness (QED) is 0.0445. The van der Waals surface area contributed by atoms with Crippen molar-refractivity contribution >= 4 is 39.9 Å². The number of unbranched alkanes of at least 4 members (excludes halogenated alkanes) is 6. The van der Waals surface area contributed by atoms with Crippen LogP contribution in [-0.2, 0) is 16.0 Å². The van der Waals surface area contributed by atoms with E-state index in [-0.39, 0.29) is 34.9 Å². The van der Waals surface area contributed by atoms with Gasteiger partial charge in [-0.3, -0.25) is 24.3 Å². The van der Waals surface area contributed by atoms with Gasteiger partial charge in [-0.2, -0.15) is 0 Å². The van der Waals surface area contributed by atoms with Crippen LogP contribution >= 0.6 is 0 Å². The highest BCUT2D eigenvalue weighted by atomic mass is 16.2. The molecule has 0 aliphatic carbocycles. The summed E-state index contributed by atoms with van der Waals surface area (Å²) in [7, 11) is 4.39. The van der Waals surface area contributed by atoms with E-state index in [0.29, 0.717) is 19.6 Å². The summed E-state index contributed by atoms with van der Waals surface area (Å²) in [5.74, 6) is 1.06. The van der Waals surface area contributed by atoms with Gasteiger partial charge in [-0.15, -0.1) is 6.58 Å². The van der Waals surface area contributed by atoms with Crippen molar-refractivity contribution in [2.45, 2.75) is 132 Å². The lowest BCUT2D eigenvalue weighted by molar-refractivity contribution is -0.124. The fraction of sp³-hybridized carbons (Fsp3) is 0.621. The van der Waals surface area contributed by atoms with Crippen molar-refractivity contribution in [1.29, 1.82) is 0 Å². The van der Waals surface area contributed by atoms with Crippen LogP contribution < -0.4 is 25.8 Å². The third kappa shape index (κ3) is 21.6. The van der Waals surface area contributed by atoms with Crippen molar-refractivity contribution < 1.29 is 9.59 Å². The zero-order valence-corrected chi connectivity index (χ0v) is 51.7. The fourth-order valence-corrected chi connectivity index (χ4v) is 11.4. The number of nitrogens with zero attached hydrogens (tertiary/aromatic N) is 8. The molecular formula is C66H106N12O2. The van der Waals surface area contributed by atoms with Crippen LogP contribution in [0, 0.1) is 10.8 Å². The van der Waals surface area contributed by atoms with Gasteiger partial charge in [0.05, 0.1) is 35.5 Å². The Morgan fingerprint density at radius 2 is 1.27 bits per heavy atom. The lowest BCUT2D eigenvalue weighted by atomic mass is 9.88. The number of anilines is 3. The minimum Gasteiger partial charge on any atom is -0.369 e. The van der Waals surface area contributed by atoms with Gasteiger partial charge in [0.1, 0.15) is 12.0 Å². The average molecular weight is 1100 g/mol. The molecule has 2 fully saturated rings. The van der Waals surface area contributed by atoms with E-state index in [1.807, 2.05) is 20.8 Å². The molecule has 1 atom stereocenters. The van der Waals surface area contributed by atoms with E-state index in [1.165, 1.54) is 65.9 Å². The van der Waals surface area contributed by atoms with Crippen molar-refractivity contribution in [2.24, 2.45) is 10.8 Å². The Balaban J connectivity index is 0.00000336. The summed E-state index contributed by atoms with van der Waals surface area (Å²) in [6.07, 6.45) is 12.1. The molecule has 3 aliphatic rings. The number of imidazole rings is 1. The van der Waals surface area contributed by atoms with Crippen molar-refractivity contribution in [1.82, 2.24) is 45.1 Å². The number of piperazine rings is 1. The zero-order valence-electron chi connectivity index (χ0n) is 51.7. The van der Waals surface area contributed by atoms with Crippen molar-refractivity contribution in [3.63, 3.8) is 0 Å². The molecule has 0 radical (unpaired) electrons. The van der Waals surface area contributed by atoms with Gasteiger partial charge >= 0.3 is 0 Å². The topological polar surface area (TPSA) is 122 Å². The highest BCUT2D eigenvalue weighted by Gasteiger charge is 2.29. The monoisotopic (exact) mass is 1100 g/mol. The average Bonchev–Trinajstić information content (AvgIpc) is 4.03. The molecule has 4 N–H and O–H groups in total. The number of aromatic nitrogens is 2. The Labute approximate surface area is 484 Å². The fourth-order valence-electron chi connectivity index (χ4n) is 11.4. The molecule has 1 unspecified atom stereocenters. The maximum atomic E-state index is 13.5. The van der Waals surface area contributed by atoms with Crippen LogP contribution in [0.4, 0.5) is 17.1 Å². The van der Waals surface area contributed by atoms with E-state index in [0.717, 1.165) is 140 Å². The van der Waals surface area contributed by atoms with Gasteiger partial charge in [0.15, 0.2) is 0 Å². The number of carbonyl (C=O) groups excluding carboxylic acids is 2. The summed E-state index contributed by atoms with van der Waals surface area (Å²) in [6, 6.07) is 22.5. The molecule has 0 saturated carbocycles. The number of hydrogen-bond acceptors (Lipinski definition) is 11. The Bertz CT molecular complexity index is 2530. The van der Waals surface area contributed by atoms with E-state index >= 15 is 0 Å². The van der Waals surface area contributed by atoms with Gasteiger partial charge in [-0.05, 0) is 106 Å². The molecule has 3 aliphatic heterocycles. The Kier molecular flexibility index (Phi) is 25.0. The molecule has 2 saturated heterocycles. The number of H-pyrrole nitrogens is 1. The first-order chi connectivity index (χ1) is 38.1. The second-order valence-electron chi connectivity index (χ2n) is 26.1. The third-order valence-electron chi connectivity index (χ3n) is 15.5. The summed E-state index contributed by atoms with van der Waals surface area (Å²) in [5, 5.41) is 10.1. The highest BCUT2D eigenvalue weighted by molar-refractivity contribution is 5.83. The first kappa shape index (κ1) is 63.9.